The van der Waals surface area contributed by atoms with Crippen molar-refractivity contribution in [3.63, 3.8) is 0 Å². The van der Waals surface area contributed by atoms with Crippen LogP contribution < -0.4 is 11.5 Å². The lowest BCUT2D eigenvalue weighted by Gasteiger charge is -1.99. The highest BCUT2D eigenvalue weighted by atomic mass is 35.5. The van der Waals surface area contributed by atoms with Crippen molar-refractivity contribution in [3.8, 4) is 0 Å². The van der Waals surface area contributed by atoms with Crippen LogP contribution in [-0.4, -0.2) is 16.5 Å². The second-order valence-electron chi connectivity index (χ2n) is 2.39. The molecule has 0 radical (unpaired) electrons. The second-order valence-corrected chi connectivity index (χ2v) is 2.39. The Morgan fingerprint density at radius 3 is 2.38 bits per heavy atom. The molecule has 0 aliphatic heterocycles. The van der Waals surface area contributed by atoms with Gasteiger partial charge in [-0.05, 0) is 13.5 Å². The Morgan fingerprint density at radius 1 is 1.31 bits per heavy atom. The van der Waals surface area contributed by atoms with Crippen molar-refractivity contribution in [2.75, 3.05) is 12.3 Å². The number of aromatic nitrogens is 2. The summed E-state index contributed by atoms with van der Waals surface area (Å²) in [4.78, 5) is 8.16. The number of nitrogens with two attached hydrogens (primary N) is 2. The minimum atomic E-state index is 0. The Bertz CT molecular complexity index is 234. The smallest absolute Gasteiger partial charge is 0.132 e. The van der Waals surface area contributed by atoms with Gasteiger partial charge in [0.1, 0.15) is 11.6 Å². The summed E-state index contributed by atoms with van der Waals surface area (Å²) >= 11 is 0. The summed E-state index contributed by atoms with van der Waals surface area (Å²) < 4.78 is 0. The van der Waals surface area contributed by atoms with Gasteiger partial charge in [-0.25, -0.2) is 9.97 Å². The van der Waals surface area contributed by atoms with Crippen molar-refractivity contribution >= 4 is 30.6 Å². The van der Waals surface area contributed by atoms with Gasteiger partial charge in [-0.3, -0.25) is 0 Å². The van der Waals surface area contributed by atoms with Crippen LogP contribution in [0.4, 0.5) is 5.82 Å². The van der Waals surface area contributed by atoms with E-state index in [2.05, 4.69) is 9.97 Å². The lowest BCUT2D eigenvalue weighted by atomic mass is 10.3. The quantitative estimate of drug-likeness (QED) is 0.777. The van der Waals surface area contributed by atoms with Gasteiger partial charge in [-0.1, -0.05) is 0 Å². The molecule has 1 aromatic rings. The highest BCUT2D eigenvalue weighted by molar-refractivity contribution is 5.85. The van der Waals surface area contributed by atoms with E-state index in [-0.39, 0.29) is 24.8 Å². The molecule has 0 aromatic carbocycles. The van der Waals surface area contributed by atoms with Crippen molar-refractivity contribution in [2.24, 2.45) is 5.73 Å². The normalized spacial score (nSPS) is 8.46. The molecule has 0 fully saturated rings. The van der Waals surface area contributed by atoms with Gasteiger partial charge in [0.2, 0.25) is 0 Å². The maximum absolute atomic E-state index is 5.50. The molecular weight excluding hydrogens is 211 g/mol. The van der Waals surface area contributed by atoms with Gasteiger partial charge in [0, 0.05) is 18.2 Å². The molecule has 1 rings (SSSR count). The first-order valence-corrected chi connectivity index (χ1v) is 3.52. The van der Waals surface area contributed by atoms with Crippen LogP contribution in [0.3, 0.4) is 0 Å². The summed E-state index contributed by atoms with van der Waals surface area (Å²) in [5.41, 5.74) is 11.7. The summed E-state index contributed by atoms with van der Waals surface area (Å²) in [6.45, 7) is 2.45. The molecule has 4 N–H and O–H groups in total. The molecule has 0 aliphatic rings. The molecule has 0 aliphatic carbocycles. The molecular formula is C7H14Cl2N4. The summed E-state index contributed by atoms with van der Waals surface area (Å²) in [6, 6.07) is 1.74. The Hall–Kier alpha value is -0.580. The van der Waals surface area contributed by atoms with Crippen molar-refractivity contribution < 1.29 is 0 Å². The highest BCUT2D eigenvalue weighted by Crippen LogP contribution is 2.01. The number of nitrogens with zero attached hydrogens (tertiary/aromatic N) is 2. The van der Waals surface area contributed by atoms with Gasteiger partial charge < -0.3 is 11.5 Å². The minimum Gasteiger partial charge on any atom is -0.384 e. The Kier molecular flexibility index (Phi) is 7.90. The first-order chi connectivity index (χ1) is 5.22. The Balaban J connectivity index is 0. The molecule has 6 heteroatoms. The van der Waals surface area contributed by atoms with E-state index in [0.29, 0.717) is 18.8 Å². The lowest BCUT2D eigenvalue weighted by molar-refractivity contribution is 0.859. The predicted molar refractivity (Wildman–Crippen MR) is 58.4 cm³/mol. The molecule has 13 heavy (non-hydrogen) atoms. The summed E-state index contributed by atoms with van der Waals surface area (Å²) in [7, 11) is 0. The standard InChI is InChI=1S/C7H12N4.2ClH/c1-5-4-6(9)11-7(10-5)2-3-8;;/h4H,2-3,8H2,1H3,(H2,9,10,11);2*1H. The summed E-state index contributed by atoms with van der Waals surface area (Å²) in [6.07, 6.45) is 0.686. The topological polar surface area (TPSA) is 77.8 Å². The van der Waals surface area contributed by atoms with Crippen LogP contribution in [0, 0.1) is 6.92 Å². The lowest BCUT2D eigenvalue weighted by Crippen LogP contribution is -2.08. The Labute approximate surface area is 90.0 Å². The van der Waals surface area contributed by atoms with E-state index in [1.807, 2.05) is 6.92 Å². The maximum atomic E-state index is 5.50. The van der Waals surface area contributed by atoms with Gasteiger partial charge in [-0.2, -0.15) is 0 Å². The number of aryl methyl sites for hydroxylation is 1. The number of halogens is 2. The zero-order valence-corrected chi connectivity index (χ0v) is 8.99. The van der Waals surface area contributed by atoms with Crippen LogP contribution in [0.1, 0.15) is 11.5 Å². The number of hydrogen-bond acceptors (Lipinski definition) is 4. The maximum Gasteiger partial charge on any atom is 0.132 e. The zero-order chi connectivity index (χ0) is 8.27. The monoisotopic (exact) mass is 224 g/mol. The average molecular weight is 225 g/mol. The van der Waals surface area contributed by atoms with Gasteiger partial charge in [-0.15, -0.1) is 24.8 Å². The first kappa shape index (κ1) is 14.9. The minimum absolute atomic E-state index is 0. The van der Waals surface area contributed by atoms with E-state index < -0.39 is 0 Å². The molecule has 1 heterocycles. The average Bonchev–Trinajstić information content (AvgIpc) is 1.85. The largest absolute Gasteiger partial charge is 0.384 e. The Morgan fingerprint density at radius 2 is 1.92 bits per heavy atom. The van der Waals surface area contributed by atoms with Gasteiger partial charge in [0.05, 0.1) is 0 Å². The molecule has 0 amide bonds. The van der Waals surface area contributed by atoms with E-state index in [4.69, 9.17) is 11.5 Å². The molecule has 1 aromatic heterocycles. The van der Waals surface area contributed by atoms with Crippen molar-refractivity contribution in [1.82, 2.24) is 9.97 Å². The van der Waals surface area contributed by atoms with Gasteiger partial charge in [0.15, 0.2) is 0 Å². The molecule has 0 unspecified atom stereocenters. The highest BCUT2D eigenvalue weighted by Gasteiger charge is 1.97. The fourth-order valence-electron chi connectivity index (χ4n) is 0.897. The predicted octanol–water partition coefficient (Wildman–Crippen LogP) is 0.712. The third kappa shape index (κ3) is 4.87. The molecule has 0 saturated heterocycles. The number of nitrogen functional groups attached to an aromatic ring is 1. The molecule has 0 saturated carbocycles. The van der Waals surface area contributed by atoms with Crippen LogP contribution in [0.15, 0.2) is 6.07 Å². The van der Waals surface area contributed by atoms with Crippen LogP contribution >= 0.6 is 24.8 Å². The van der Waals surface area contributed by atoms with Crippen molar-refractivity contribution in [3.05, 3.63) is 17.6 Å². The SMILES string of the molecule is Cc1cc(N)nc(CCN)n1.Cl.Cl. The van der Waals surface area contributed by atoms with E-state index in [1.54, 1.807) is 6.07 Å². The van der Waals surface area contributed by atoms with E-state index in [0.717, 1.165) is 11.5 Å². The third-order valence-corrected chi connectivity index (χ3v) is 1.29. The van der Waals surface area contributed by atoms with Crippen molar-refractivity contribution in [1.29, 1.82) is 0 Å². The van der Waals surface area contributed by atoms with Crippen LogP contribution in [0.5, 0.6) is 0 Å². The van der Waals surface area contributed by atoms with Crippen LogP contribution in [-0.2, 0) is 6.42 Å². The number of anilines is 1. The fraction of sp³-hybridized carbons (Fsp3) is 0.429. The summed E-state index contributed by atoms with van der Waals surface area (Å²) in [5.74, 6) is 1.24. The van der Waals surface area contributed by atoms with Crippen LogP contribution in [0.25, 0.3) is 0 Å². The van der Waals surface area contributed by atoms with Crippen molar-refractivity contribution in [2.45, 2.75) is 13.3 Å². The fourth-order valence-corrected chi connectivity index (χ4v) is 0.897. The summed E-state index contributed by atoms with van der Waals surface area (Å²) in [5, 5.41) is 0. The second kappa shape index (κ2) is 6.88. The van der Waals surface area contributed by atoms with Gasteiger partial charge >= 0.3 is 0 Å². The third-order valence-electron chi connectivity index (χ3n) is 1.29. The van der Waals surface area contributed by atoms with Gasteiger partial charge in [0.25, 0.3) is 0 Å². The van der Waals surface area contributed by atoms with E-state index >= 15 is 0 Å². The number of hydrogen-bond donors (Lipinski definition) is 2. The molecule has 0 atom stereocenters. The molecule has 76 valence electrons. The van der Waals surface area contributed by atoms with E-state index in [1.165, 1.54) is 0 Å². The van der Waals surface area contributed by atoms with Crippen LogP contribution in [0.2, 0.25) is 0 Å². The molecule has 0 bridgehead atoms. The molecule has 4 nitrogen and oxygen atoms in total. The molecule has 0 spiro atoms. The van der Waals surface area contributed by atoms with E-state index in [9.17, 15) is 0 Å². The number of rotatable bonds is 2. The zero-order valence-electron chi connectivity index (χ0n) is 7.36. The first-order valence-electron chi connectivity index (χ1n) is 3.52.